The van der Waals surface area contributed by atoms with Crippen LogP contribution < -0.4 is 10.6 Å². The minimum atomic E-state index is -0.946. The Morgan fingerprint density at radius 3 is 2.42 bits per heavy atom. The van der Waals surface area contributed by atoms with Gasteiger partial charge in [0.1, 0.15) is 11.6 Å². The van der Waals surface area contributed by atoms with Crippen molar-refractivity contribution in [2.75, 3.05) is 19.6 Å². The lowest BCUT2D eigenvalue weighted by Gasteiger charge is -2.31. The summed E-state index contributed by atoms with van der Waals surface area (Å²) in [4.78, 5) is 37.7. The third-order valence-electron chi connectivity index (χ3n) is 4.19. The Morgan fingerprint density at radius 1 is 1.19 bits per heavy atom. The summed E-state index contributed by atoms with van der Waals surface area (Å²) in [5, 5.41) is 5.11. The zero-order valence-corrected chi connectivity index (χ0v) is 15.1. The number of likely N-dealkylation sites (tertiary alicyclic amines) is 1. The van der Waals surface area contributed by atoms with E-state index in [0.717, 1.165) is 12.1 Å². The van der Waals surface area contributed by atoms with E-state index in [2.05, 4.69) is 10.6 Å². The summed E-state index contributed by atoms with van der Waals surface area (Å²) >= 11 is 0. The van der Waals surface area contributed by atoms with Gasteiger partial charge in [0.2, 0.25) is 11.8 Å². The van der Waals surface area contributed by atoms with Crippen molar-refractivity contribution in [3.8, 4) is 0 Å². The minimum absolute atomic E-state index is 0.0577. The summed E-state index contributed by atoms with van der Waals surface area (Å²) in [6.45, 7) is 6.33. The number of benzene rings is 1. The second-order valence-corrected chi connectivity index (χ2v) is 7.25. The quantitative estimate of drug-likeness (QED) is 0.774. The maximum atomic E-state index is 13.5. The van der Waals surface area contributed by atoms with Gasteiger partial charge in [0, 0.05) is 37.7 Å². The van der Waals surface area contributed by atoms with Gasteiger partial charge in [0.05, 0.1) is 11.5 Å². The lowest BCUT2D eigenvalue weighted by Crippen LogP contribution is -2.43. The van der Waals surface area contributed by atoms with E-state index in [1.165, 1.54) is 0 Å². The molecule has 0 aliphatic carbocycles. The number of amides is 3. The van der Waals surface area contributed by atoms with Gasteiger partial charge < -0.3 is 15.5 Å². The first-order valence-electron chi connectivity index (χ1n) is 8.41. The molecule has 26 heavy (non-hydrogen) atoms. The maximum Gasteiger partial charge on any atom is 0.254 e. The molecule has 2 rings (SSSR count). The minimum Gasteiger partial charge on any atom is -0.354 e. The van der Waals surface area contributed by atoms with E-state index < -0.39 is 23.5 Å². The molecular formula is C18H23F2N3O3. The van der Waals surface area contributed by atoms with Gasteiger partial charge >= 0.3 is 0 Å². The van der Waals surface area contributed by atoms with Crippen molar-refractivity contribution >= 4 is 17.7 Å². The van der Waals surface area contributed by atoms with Gasteiger partial charge in [-0.3, -0.25) is 14.4 Å². The Labute approximate surface area is 150 Å². The highest BCUT2D eigenvalue weighted by molar-refractivity contribution is 5.94. The van der Waals surface area contributed by atoms with E-state index in [1.807, 2.05) is 20.8 Å². The van der Waals surface area contributed by atoms with E-state index in [1.54, 1.807) is 4.90 Å². The first-order chi connectivity index (χ1) is 12.1. The van der Waals surface area contributed by atoms with Crippen LogP contribution in [0.1, 0.15) is 37.6 Å². The lowest BCUT2D eigenvalue weighted by atomic mass is 10.1. The monoisotopic (exact) mass is 367 g/mol. The number of carbonyl (C=O) groups excluding carboxylic acids is 3. The number of halogens is 2. The molecule has 1 aromatic rings. The zero-order valence-electron chi connectivity index (χ0n) is 15.1. The first kappa shape index (κ1) is 19.8. The predicted octanol–water partition coefficient (Wildman–Crippen LogP) is 1.46. The van der Waals surface area contributed by atoms with E-state index in [4.69, 9.17) is 0 Å². The molecule has 0 bridgehead atoms. The molecule has 1 unspecified atom stereocenters. The van der Waals surface area contributed by atoms with Crippen LogP contribution in [0, 0.1) is 17.6 Å². The Hall–Kier alpha value is -2.51. The van der Waals surface area contributed by atoms with Crippen molar-refractivity contribution < 1.29 is 23.2 Å². The van der Waals surface area contributed by atoms with Crippen LogP contribution in [0.2, 0.25) is 0 Å². The van der Waals surface area contributed by atoms with Gasteiger partial charge in [0.25, 0.3) is 5.91 Å². The number of rotatable bonds is 5. The van der Waals surface area contributed by atoms with Crippen molar-refractivity contribution in [3.05, 3.63) is 35.4 Å². The van der Waals surface area contributed by atoms with Gasteiger partial charge in [-0.25, -0.2) is 8.78 Å². The second kappa shape index (κ2) is 7.80. The van der Waals surface area contributed by atoms with Gasteiger partial charge in [0.15, 0.2) is 0 Å². The smallest absolute Gasteiger partial charge is 0.254 e. The van der Waals surface area contributed by atoms with Crippen molar-refractivity contribution in [3.63, 3.8) is 0 Å². The Morgan fingerprint density at radius 2 is 1.85 bits per heavy atom. The molecule has 142 valence electrons. The fraction of sp³-hybridized carbons (Fsp3) is 0.500. The van der Waals surface area contributed by atoms with Crippen LogP contribution in [0.5, 0.6) is 0 Å². The van der Waals surface area contributed by atoms with Crippen LogP contribution in [0.3, 0.4) is 0 Å². The molecule has 0 aromatic heterocycles. The average molecular weight is 367 g/mol. The predicted molar refractivity (Wildman–Crippen MR) is 91.3 cm³/mol. The van der Waals surface area contributed by atoms with Crippen LogP contribution in [0.4, 0.5) is 8.78 Å². The highest BCUT2D eigenvalue weighted by atomic mass is 19.1. The molecule has 6 nitrogen and oxygen atoms in total. The van der Waals surface area contributed by atoms with Crippen LogP contribution in [0.25, 0.3) is 0 Å². The Bertz CT molecular complexity index is 716. The molecular weight excluding hydrogens is 344 g/mol. The van der Waals surface area contributed by atoms with Gasteiger partial charge in [-0.05, 0) is 32.9 Å². The average Bonchev–Trinajstić information content (AvgIpc) is 2.93. The molecule has 1 aliphatic heterocycles. The summed E-state index contributed by atoms with van der Waals surface area (Å²) in [5.41, 5.74) is -0.598. The van der Waals surface area contributed by atoms with Gasteiger partial charge in [-0.2, -0.15) is 0 Å². The fourth-order valence-corrected chi connectivity index (χ4v) is 2.81. The highest BCUT2D eigenvalue weighted by Crippen LogP contribution is 2.25. The van der Waals surface area contributed by atoms with Crippen molar-refractivity contribution in [2.24, 2.45) is 5.92 Å². The second-order valence-electron chi connectivity index (χ2n) is 7.25. The summed E-state index contributed by atoms with van der Waals surface area (Å²) < 4.78 is 26.3. The third-order valence-corrected chi connectivity index (χ3v) is 4.19. The summed E-state index contributed by atoms with van der Waals surface area (Å²) in [7, 11) is 0. The molecule has 1 aromatic carbocycles. The maximum absolute atomic E-state index is 13.5. The standard InChI is InChI=1S/C18H23F2N3O3/c1-18(2,3)23-10-11(8-15(23)24)16(25)21-6-7-22-17(26)13-5-4-12(19)9-14(13)20/h4-5,9,11H,6-8,10H2,1-3H3,(H,21,25)(H,22,26). The van der Waals surface area contributed by atoms with Crippen LogP contribution >= 0.6 is 0 Å². The molecule has 2 N–H and O–H groups in total. The van der Waals surface area contributed by atoms with Crippen LogP contribution in [0.15, 0.2) is 18.2 Å². The molecule has 1 atom stereocenters. The van der Waals surface area contributed by atoms with E-state index in [0.29, 0.717) is 12.6 Å². The van der Waals surface area contributed by atoms with Crippen molar-refractivity contribution in [1.82, 2.24) is 15.5 Å². The van der Waals surface area contributed by atoms with Crippen molar-refractivity contribution in [2.45, 2.75) is 32.7 Å². The van der Waals surface area contributed by atoms with Crippen LogP contribution in [-0.4, -0.2) is 47.8 Å². The number of nitrogens with zero attached hydrogens (tertiary/aromatic N) is 1. The first-order valence-corrected chi connectivity index (χ1v) is 8.41. The molecule has 8 heteroatoms. The van der Waals surface area contributed by atoms with Crippen molar-refractivity contribution in [1.29, 1.82) is 0 Å². The third kappa shape index (κ3) is 4.77. The summed E-state index contributed by atoms with van der Waals surface area (Å²) in [6, 6.07) is 2.69. The molecule has 1 heterocycles. The number of hydrogen-bond acceptors (Lipinski definition) is 3. The number of hydrogen-bond donors (Lipinski definition) is 2. The van der Waals surface area contributed by atoms with E-state index in [9.17, 15) is 23.2 Å². The molecule has 1 fully saturated rings. The number of carbonyl (C=O) groups is 3. The molecule has 1 saturated heterocycles. The fourth-order valence-electron chi connectivity index (χ4n) is 2.81. The SMILES string of the molecule is CC(C)(C)N1CC(C(=O)NCCNC(=O)c2ccc(F)cc2F)CC1=O. The Kier molecular flexibility index (Phi) is 5.94. The lowest BCUT2D eigenvalue weighted by molar-refractivity contribution is -0.132. The van der Waals surface area contributed by atoms with Gasteiger partial charge in [-0.1, -0.05) is 0 Å². The largest absolute Gasteiger partial charge is 0.354 e. The van der Waals surface area contributed by atoms with E-state index >= 15 is 0 Å². The highest BCUT2D eigenvalue weighted by Gasteiger charge is 2.39. The zero-order chi connectivity index (χ0) is 19.5. The normalized spacial score (nSPS) is 17.3. The topological polar surface area (TPSA) is 78.5 Å². The van der Waals surface area contributed by atoms with Gasteiger partial charge in [-0.15, -0.1) is 0 Å². The molecule has 0 spiro atoms. The number of nitrogens with one attached hydrogen (secondary N) is 2. The Balaban J connectivity index is 1.77. The van der Waals surface area contributed by atoms with Crippen LogP contribution in [-0.2, 0) is 9.59 Å². The van der Waals surface area contributed by atoms with E-state index in [-0.39, 0.29) is 42.4 Å². The molecule has 0 radical (unpaired) electrons. The summed E-state index contributed by atoms with van der Waals surface area (Å²) in [6.07, 6.45) is 0.163. The summed E-state index contributed by atoms with van der Waals surface area (Å²) in [5.74, 6) is -3.14. The molecule has 1 aliphatic rings. The molecule has 3 amide bonds. The molecule has 0 saturated carbocycles.